The monoisotopic (exact) mass is 265 g/mol. The van der Waals surface area contributed by atoms with E-state index in [1.807, 2.05) is 13.8 Å². The smallest absolute Gasteiger partial charge is 0.307 e. The highest BCUT2D eigenvalue weighted by atomic mass is 16.5. The van der Waals surface area contributed by atoms with Crippen LogP contribution in [0.2, 0.25) is 0 Å². The molecule has 1 amide bonds. The predicted molar refractivity (Wildman–Crippen MR) is 71.1 cm³/mol. The van der Waals surface area contributed by atoms with Gasteiger partial charge < -0.3 is 15.2 Å². The lowest BCUT2D eigenvalue weighted by Gasteiger charge is -2.09. The van der Waals surface area contributed by atoms with E-state index in [0.717, 1.165) is 0 Å². The van der Waals surface area contributed by atoms with Gasteiger partial charge in [0.25, 0.3) is 5.91 Å². The molecule has 104 valence electrons. The van der Waals surface area contributed by atoms with Gasteiger partial charge in [-0.15, -0.1) is 0 Å². The zero-order valence-corrected chi connectivity index (χ0v) is 11.2. The molecular weight excluding hydrogens is 246 g/mol. The first-order valence-corrected chi connectivity index (χ1v) is 6.17. The van der Waals surface area contributed by atoms with Crippen LogP contribution in [0.3, 0.4) is 0 Å². The molecule has 5 nitrogen and oxygen atoms in total. The number of rotatable bonds is 7. The minimum Gasteiger partial charge on any atom is -0.484 e. The van der Waals surface area contributed by atoms with E-state index in [9.17, 15) is 9.59 Å². The maximum atomic E-state index is 11.5. The van der Waals surface area contributed by atoms with Crippen molar-refractivity contribution in [3.8, 4) is 5.75 Å². The van der Waals surface area contributed by atoms with Crippen LogP contribution in [0.1, 0.15) is 19.4 Å². The van der Waals surface area contributed by atoms with Crippen LogP contribution in [0, 0.1) is 5.92 Å². The second-order valence-corrected chi connectivity index (χ2v) is 4.70. The lowest BCUT2D eigenvalue weighted by molar-refractivity contribution is -0.136. The molecule has 0 radical (unpaired) electrons. The number of carboxylic acids is 1. The molecule has 0 aliphatic rings. The molecule has 0 saturated carbocycles. The van der Waals surface area contributed by atoms with Gasteiger partial charge in [-0.25, -0.2) is 0 Å². The molecule has 2 N–H and O–H groups in total. The van der Waals surface area contributed by atoms with Crippen LogP contribution in [-0.2, 0) is 16.0 Å². The summed E-state index contributed by atoms with van der Waals surface area (Å²) >= 11 is 0. The topological polar surface area (TPSA) is 75.6 Å². The summed E-state index contributed by atoms with van der Waals surface area (Å²) in [4.78, 5) is 22.0. The zero-order valence-electron chi connectivity index (χ0n) is 11.2. The summed E-state index contributed by atoms with van der Waals surface area (Å²) in [6.45, 7) is 4.57. The van der Waals surface area contributed by atoms with E-state index >= 15 is 0 Å². The number of hydrogen-bond acceptors (Lipinski definition) is 3. The normalized spacial score (nSPS) is 10.3. The van der Waals surface area contributed by atoms with Gasteiger partial charge in [-0.2, -0.15) is 0 Å². The molecule has 0 atom stereocenters. The van der Waals surface area contributed by atoms with Gasteiger partial charge in [-0.1, -0.05) is 26.0 Å². The summed E-state index contributed by atoms with van der Waals surface area (Å²) in [5.41, 5.74) is 0.646. The molecule has 0 bridgehead atoms. The standard InChI is InChI=1S/C14H19NO4/c1-10(2)8-15-13(16)9-19-12-5-3-4-11(6-12)7-14(17)18/h3-6,10H,7-9H2,1-2H3,(H,15,16)(H,17,18). The summed E-state index contributed by atoms with van der Waals surface area (Å²) in [7, 11) is 0. The molecule has 0 aromatic heterocycles. The fourth-order valence-electron chi connectivity index (χ4n) is 1.44. The summed E-state index contributed by atoms with van der Waals surface area (Å²) in [5.74, 6) is -0.189. The number of carbonyl (C=O) groups is 2. The Morgan fingerprint density at radius 1 is 1.37 bits per heavy atom. The Morgan fingerprint density at radius 2 is 2.11 bits per heavy atom. The Hall–Kier alpha value is -2.04. The maximum absolute atomic E-state index is 11.5. The summed E-state index contributed by atoms with van der Waals surface area (Å²) in [6, 6.07) is 6.74. The van der Waals surface area contributed by atoms with Gasteiger partial charge in [0.05, 0.1) is 6.42 Å². The van der Waals surface area contributed by atoms with E-state index in [4.69, 9.17) is 9.84 Å². The van der Waals surface area contributed by atoms with Gasteiger partial charge >= 0.3 is 5.97 Å². The first-order chi connectivity index (χ1) is 8.97. The number of carboxylic acid groups (broad SMARTS) is 1. The highest BCUT2D eigenvalue weighted by molar-refractivity contribution is 5.77. The minimum absolute atomic E-state index is 0.0588. The summed E-state index contributed by atoms with van der Waals surface area (Å²) < 4.78 is 5.32. The average Bonchev–Trinajstić information content (AvgIpc) is 2.33. The third-order valence-corrected chi connectivity index (χ3v) is 2.33. The molecule has 5 heteroatoms. The van der Waals surface area contributed by atoms with Crippen molar-refractivity contribution in [2.24, 2.45) is 5.92 Å². The third-order valence-electron chi connectivity index (χ3n) is 2.33. The van der Waals surface area contributed by atoms with Crippen molar-refractivity contribution >= 4 is 11.9 Å². The van der Waals surface area contributed by atoms with E-state index < -0.39 is 5.97 Å². The lowest BCUT2D eigenvalue weighted by Crippen LogP contribution is -2.31. The molecule has 1 aromatic rings. The highest BCUT2D eigenvalue weighted by Gasteiger charge is 2.05. The van der Waals surface area contributed by atoms with Crippen LogP contribution in [0.15, 0.2) is 24.3 Å². The van der Waals surface area contributed by atoms with E-state index in [0.29, 0.717) is 23.8 Å². The minimum atomic E-state index is -0.896. The van der Waals surface area contributed by atoms with Crippen LogP contribution in [0.4, 0.5) is 0 Å². The first kappa shape index (κ1) is 15.0. The Kier molecular flexibility index (Phi) is 5.85. The Morgan fingerprint density at radius 3 is 2.74 bits per heavy atom. The van der Waals surface area contributed by atoms with Crippen molar-refractivity contribution in [3.63, 3.8) is 0 Å². The highest BCUT2D eigenvalue weighted by Crippen LogP contribution is 2.13. The number of hydrogen-bond donors (Lipinski definition) is 2. The van der Waals surface area contributed by atoms with Crippen molar-refractivity contribution in [2.75, 3.05) is 13.2 Å². The first-order valence-electron chi connectivity index (χ1n) is 6.17. The number of carbonyl (C=O) groups excluding carboxylic acids is 1. The largest absolute Gasteiger partial charge is 0.484 e. The quantitative estimate of drug-likeness (QED) is 0.782. The van der Waals surface area contributed by atoms with Crippen LogP contribution < -0.4 is 10.1 Å². The van der Waals surface area contributed by atoms with Crippen LogP contribution in [0.5, 0.6) is 5.75 Å². The van der Waals surface area contributed by atoms with E-state index in [-0.39, 0.29) is 18.9 Å². The SMILES string of the molecule is CC(C)CNC(=O)COc1cccc(CC(=O)O)c1. The zero-order chi connectivity index (χ0) is 14.3. The fourth-order valence-corrected chi connectivity index (χ4v) is 1.44. The summed E-state index contributed by atoms with van der Waals surface area (Å²) in [5, 5.41) is 11.4. The lowest BCUT2D eigenvalue weighted by atomic mass is 10.1. The summed E-state index contributed by atoms with van der Waals surface area (Å²) in [6.07, 6.45) is -0.0588. The van der Waals surface area contributed by atoms with Gasteiger partial charge in [0.2, 0.25) is 0 Å². The van der Waals surface area contributed by atoms with Gasteiger partial charge in [0.15, 0.2) is 6.61 Å². The van der Waals surface area contributed by atoms with Crippen LogP contribution in [0.25, 0.3) is 0 Å². The molecule has 0 heterocycles. The molecule has 1 aromatic carbocycles. The number of aliphatic carboxylic acids is 1. The predicted octanol–water partition coefficient (Wildman–Crippen LogP) is 1.46. The van der Waals surface area contributed by atoms with Crippen molar-refractivity contribution in [2.45, 2.75) is 20.3 Å². The number of ether oxygens (including phenoxy) is 1. The molecule has 0 spiro atoms. The third kappa shape index (κ3) is 6.45. The number of nitrogens with one attached hydrogen (secondary N) is 1. The van der Waals surface area contributed by atoms with Gasteiger partial charge in [0, 0.05) is 6.54 Å². The Balaban J connectivity index is 2.44. The van der Waals surface area contributed by atoms with Crippen molar-refractivity contribution in [1.29, 1.82) is 0 Å². The molecule has 0 saturated heterocycles. The van der Waals surface area contributed by atoms with E-state index in [1.165, 1.54) is 0 Å². The fraction of sp³-hybridized carbons (Fsp3) is 0.429. The van der Waals surface area contributed by atoms with Crippen LogP contribution >= 0.6 is 0 Å². The molecular formula is C14H19NO4. The van der Waals surface area contributed by atoms with E-state index in [1.54, 1.807) is 24.3 Å². The number of benzene rings is 1. The van der Waals surface area contributed by atoms with Gasteiger partial charge in [0.1, 0.15) is 5.75 Å². The van der Waals surface area contributed by atoms with Crippen molar-refractivity contribution < 1.29 is 19.4 Å². The molecule has 19 heavy (non-hydrogen) atoms. The second-order valence-electron chi connectivity index (χ2n) is 4.70. The van der Waals surface area contributed by atoms with E-state index in [2.05, 4.69) is 5.32 Å². The molecule has 1 rings (SSSR count). The van der Waals surface area contributed by atoms with Gasteiger partial charge in [-0.3, -0.25) is 9.59 Å². The molecule has 0 aliphatic heterocycles. The van der Waals surface area contributed by atoms with Gasteiger partial charge in [-0.05, 0) is 23.6 Å². The van der Waals surface area contributed by atoms with Crippen molar-refractivity contribution in [1.82, 2.24) is 5.32 Å². The Bertz CT molecular complexity index is 443. The van der Waals surface area contributed by atoms with Crippen molar-refractivity contribution in [3.05, 3.63) is 29.8 Å². The average molecular weight is 265 g/mol. The number of amides is 1. The van der Waals surface area contributed by atoms with Crippen LogP contribution in [-0.4, -0.2) is 30.1 Å². The Labute approximate surface area is 112 Å². The maximum Gasteiger partial charge on any atom is 0.307 e. The molecule has 0 fully saturated rings. The molecule has 0 unspecified atom stereocenters. The second kappa shape index (κ2) is 7.41. The molecule has 0 aliphatic carbocycles.